The van der Waals surface area contributed by atoms with E-state index in [-0.39, 0.29) is 17.4 Å². The van der Waals surface area contributed by atoms with E-state index < -0.39 is 0 Å². The van der Waals surface area contributed by atoms with Crippen molar-refractivity contribution in [3.8, 4) is 0 Å². The lowest BCUT2D eigenvalue weighted by atomic mass is 9.83. The van der Waals surface area contributed by atoms with E-state index in [0.29, 0.717) is 36.1 Å². The summed E-state index contributed by atoms with van der Waals surface area (Å²) in [6, 6.07) is 12.5. The molecule has 2 atom stereocenters. The van der Waals surface area contributed by atoms with Gasteiger partial charge in [0.15, 0.2) is 0 Å². The lowest BCUT2D eigenvalue weighted by molar-refractivity contribution is 0.0594. The number of pyridine rings is 1. The van der Waals surface area contributed by atoms with Crippen molar-refractivity contribution in [3.05, 3.63) is 69.1 Å². The average Bonchev–Trinajstić information content (AvgIpc) is 2.56. The molecule has 118 valence electrons. The fraction of sp³-hybridized carbons (Fsp3) is 0.333. The minimum absolute atomic E-state index is 0.0445. The molecule has 1 amide bonds. The highest BCUT2D eigenvalue weighted by molar-refractivity contribution is 6.30. The van der Waals surface area contributed by atoms with E-state index in [1.54, 1.807) is 30.3 Å². The molecule has 2 aliphatic heterocycles. The van der Waals surface area contributed by atoms with Crippen LogP contribution in [0.15, 0.2) is 47.3 Å². The average molecular weight is 329 g/mol. The molecule has 0 spiro atoms. The van der Waals surface area contributed by atoms with Gasteiger partial charge in [0, 0.05) is 47.9 Å². The van der Waals surface area contributed by atoms with Crippen LogP contribution in [-0.2, 0) is 6.54 Å². The van der Waals surface area contributed by atoms with E-state index in [1.807, 2.05) is 21.6 Å². The summed E-state index contributed by atoms with van der Waals surface area (Å²) in [4.78, 5) is 26.7. The van der Waals surface area contributed by atoms with Crippen LogP contribution in [-0.4, -0.2) is 28.5 Å². The van der Waals surface area contributed by atoms with Crippen molar-refractivity contribution in [2.75, 3.05) is 13.1 Å². The zero-order chi connectivity index (χ0) is 16.0. The fourth-order valence-electron chi connectivity index (χ4n) is 3.84. The number of carbonyl (C=O) groups excluding carboxylic acids is 1. The maximum Gasteiger partial charge on any atom is 0.253 e. The zero-order valence-corrected chi connectivity index (χ0v) is 13.4. The van der Waals surface area contributed by atoms with Gasteiger partial charge >= 0.3 is 0 Å². The van der Waals surface area contributed by atoms with E-state index in [9.17, 15) is 9.59 Å². The molecular formula is C18H17ClN2O2. The molecule has 2 unspecified atom stereocenters. The highest BCUT2D eigenvalue weighted by atomic mass is 35.5. The predicted molar refractivity (Wildman–Crippen MR) is 88.9 cm³/mol. The van der Waals surface area contributed by atoms with Crippen LogP contribution in [0, 0.1) is 5.92 Å². The number of nitrogens with zero attached hydrogens (tertiary/aromatic N) is 2. The number of piperidine rings is 1. The van der Waals surface area contributed by atoms with Crippen LogP contribution < -0.4 is 5.56 Å². The molecule has 3 heterocycles. The largest absolute Gasteiger partial charge is 0.338 e. The first-order chi connectivity index (χ1) is 11.1. The highest BCUT2D eigenvalue weighted by Crippen LogP contribution is 2.35. The quantitative estimate of drug-likeness (QED) is 0.808. The van der Waals surface area contributed by atoms with E-state index >= 15 is 0 Å². The van der Waals surface area contributed by atoms with Crippen molar-refractivity contribution in [1.82, 2.24) is 9.47 Å². The SMILES string of the molecule is O=C(c1ccc(Cl)cc1)N1CC2CC(C1)c1cccc(=O)n1C2. The fourth-order valence-corrected chi connectivity index (χ4v) is 3.96. The van der Waals surface area contributed by atoms with Gasteiger partial charge in [0.2, 0.25) is 0 Å². The second kappa shape index (κ2) is 5.53. The summed E-state index contributed by atoms with van der Waals surface area (Å²) < 4.78 is 1.88. The maximum atomic E-state index is 12.7. The lowest BCUT2D eigenvalue weighted by Gasteiger charge is -2.42. The summed E-state index contributed by atoms with van der Waals surface area (Å²) in [6.07, 6.45) is 1.05. The van der Waals surface area contributed by atoms with Gasteiger partial charge in [-0.15, -0.1) is 0 Å². The molecule has 2 bridgehead atoms. The topological polar surface area (TPSA) is 42.3 Å². The molecular weight excluding hydrogens is 312 g/mol. The Hall–Kier alpha value is -2.07. The van der Waals surface area contributed by atoms with Gasteiger partial charge in [0.05, 0.1) is 0 Å². The summed E-state index contributed by atoms with van der Waals surface area (Å²) in [5.41, 5.74) is 1.79. The molecule has 4 nitrogen and oxygen atoms in total. The third-order valence-corrected chi connectivity index (χ3v) is 5.11. The molecule has 4 rings (SSSR count). The number of amides is 1. The molecule has 0 aliphatic carbocycles. The van der Waals surface area contributed by atoms with Crippen LogP contribution in [0.1, 0.15) is 28.4 Å². The van der Waals surface area contributed by atoms with Crippen LogP contribution in [0.2, 0.25) is 5.02 Å². The molecule has 1 aromatic carbocycles. The highest BCUT2D eigenvalue weighted by Gasteiger charge is 2.36. The first-order valence-electron chi connectivity index (χ1n) is 7.86. The summed E-state index contributed by atoms with van der Waals surface area (Å²) in [5, 5.41) is 0.630. The predicted octanol–water partition coefficient (Wildman–Crippen LogP) is 2.76. The summed E-state index contributed by atoms with van der Waals surface area (Å²) >= 11 is 5.89. The number of halogens is 1. The molecule has 1 aromatic heterocycles. The number of fused-ring (bicyclic) bond motifs is 4. The minimum atomic E-state index is 0.0445. The second-order valence-electron chi connectivity index (χ2n) is 6.42. The number of hydrogen-bond donors (Lipinski definition) is 0. The number of carbonyl (C=O) groups is 1. The molecule has 5 heteroatoms. The number of rotatable bonds is 1. The Morgan fingerprint density at radius 3 is 2.61 bits per heavy atom. The second-order valence-corrected chi connectivity index (χ2v) is 6.85. The normalized spacial score (nSPS) is 22.6. The molecule has 2 aliphatic rings. The van der Waals surface area contributed by atoms with Gasteiger partial charge in [0.1, 0.15) is 0 Å². The Morgan fingerprint density at radius 2 is 1.83 bits per heavy atom. The molecule has 1 saturated heterocycles. The lowest BCUT2D eigenvalue weighted by Crippen LogP contribution is -2.49. The van der Waals surface area contributed by atoms with E-state index in [2.05, 4.69) is 0 Å². The van der Waals surface area contributed by atoms with Gasteiger partial charge in [-0.25, -0.2) is 0 Å². The molecule has 0 radical (unpaired) electrons. The number of likely N-dealkylation sites (tertiary alicyclic amines) is 1. The number of aromatic nitrogens is 1. The van der Waals surface area contributed by atoms with Crippen molar-refractivity contribution in [3.63, 3.8) is 0 Å². The van der Waals surface area contributed by atoms with Crippen LogP contribution in [0.25, 0.3) is 0 Å². The van der Waals surface area contributed by atoms with Crippen LogP contribution in [0.4, 0.5) is 0 Å². The Kier molecular flexibility index (Phi) is 3.49. The Morgan fingerprint density at radius 1 is 1.04 bits per heavy atom. The Labute approximate surface area is 139 Å². The van der Waals surface area contributed by atoms with E-state index in [0.717, 1.165) is 12.1 Å². The molecule has 0 N–H and O–H groups in total. The van der Waals surface area contributed by atoms with E-state index in [1.165, 1.54) is 0 Å². The van der Waals surface area contributed by atoms with Crippen LogP contribution >= 0.6 is 11.6 Å². The van der Waals surface area contributed by atoms with Crippen LogP contribution in [0.5, 0.6) is 0 Å². The minimum Gasteiger partial charge on any atom is -0.338 e. The first kappa shape index (κ1) is 14.5. The van der Waals surface area contributed by atoms with Crippen molar-refractivity contribution in [2.45, 2.75) is 18.9 Å². The molecule has 2 aromatic rings. The standard InChI is InChI=1S/C18H17ClN2O2/c19-15-6-4-13(5-7-15)18(23)20-9-12-8-14(11-20)16-2-1-3-17(22)21(16)10-12/h1-7,12,14H,8-11H2. The van der Waals surface area contributed by atoms with Crippen molar-refractivity contribution in [1.29, 1.82) is 0 Å². The summed E-state index contributed by atoms with van der Waals surface area (Å²) in [5.74, 6) is 0.633. The van der Waals surface area contributed by atoms with Gasteiger partial charge in [-0.2, -0.15) is 0 Å². The number of benzene rings is 1. The third-order valence-electron chi connectivity index (χ3n) is 4.86. The van der Waals surface area contributed by atoms with Gasteiger partial charge in [0.25, 0.3) is 11.5 Å². The Bertz CT molecular complexity index is 813. The van der Waals surface area contributed by atoms with Gasteiger partial charge in [-0.05, 0) is 42.7 Å². The van der Waals surface area contributed by atoms with Crippen molar-refractivity contribution in [2.24, 2.45) is 5.92 Å². The monoisotopic (exact) mass is 328 g/mol. The summed E-state index contributed by atoms with van der Waals surface area (Å²) in [7, 11) is 0. The molecule has 1 fully saturated rings. The third kappa shape index (κ3) is 2.57. The van der Waals surface area contributed by atoms with Crippen molar-refractivity contribution >= 4 is 17.5 Å². The van der Waals surface area contributed by atoms with E-state index in [4.69, 9.17) is 11.6 Å². The van der Waals surface area contributed by atoms with Gasteiger partial charge in [-0.1, -0.05) is 17.7 Å². The Balaban J connectivity index is 1.62. The van der Waals surface area contributed by atoms with Gasteiger partial charge < -0.3 is 9.47 Å². The number of hydrogen-bond acceptors (Lipinski definition) is 2. The molecule has 0 saturated carbocycles. The summed E-state index contributed by atoms with van der Waals surface area (Å²) in [6.45, 7) is 2.08. The maximum absolute atomic E-state index is 12.7. The molecule has 23 heavy (non-hydrogen) atoms. The van der Waals surface area contributed by atoms with Crippen LogP contribution in [0.3, 0.4) is 0 Å². The smallest absolute Gasteiger partial charge is 0.253 e. The first-order valence-corrected chi connectivity index (χ1v) is 8.24. The van der Waals surface area contributed by atoms with Crippen molar-refractivity contribution < 1.29 is 4.79 Å². The van der Waals surface area contributed by atoms with Gasteiger partial charge in [-0.3, -0.25) is 9.59 Å². The zero-order valence-electron chi connectivity index (χ0n) is 12.6.